The molecule has 0 heterocycles. The Hall–Kier alpha value is -2.34. The molecule has 1 amide bonds. The van der Waals surface area contributed by atoms with Crippen LogP contribution in [0.3, 0.4) is 0 Å². The lowest BCUT2D eigenvalue weighted by Gasteiger charge is -2.22. The molecule has 0 aliphatic carbocycles. The molecule has 0 fully saturated rings. The van der Waals surface area contributed by atoms with Gasteiger partial charge < -0.3 is 5.32 Å². The summed E-state index contributed by atoms with van der Waals surface area (Å²) in [4.78, 5) is 12.1. The molecule has 0 aliphatic rings. The lowest BCUT2D eigenvalue weighted by Crippen LogP contribution is -2.34. The highest BCUT2D eigenvalue weighted by atomic mass is 32.2. The normalized spacial score (nSPS) is 11.2. The Balaban J connectivity index is 1.97. The van der Waals surface area contributed by atoms with Crippen LogP contribution in [0.1, 0.15) is 23.1 Å². The third-order valence-corrected chi connectivity index (χ3v) is 5.20. The highest BCUT2D eigenvalue weighted by Gasteiger charge is 2.18. The van der Waals surface area contributed by atoms with Crippen LogP contribution < -0.4 is 9.62 Å². The van der Waals surface area contributed by atoms with Crippen LogP contribution in [0.5, 0.6) is 0 Å². The van der Waals surface area contributed by atoms with Gasteiger partial charge in [-0.2, -0.15) is 0 Å². The summed E-state index contributed by atoms with van der Waals surface area (Å²) in [6.07, 6.45) is 1.25. The van der Waals surface area contributed by atoms with Gasteiger partial charge in [-0.1, -0.05) is 42.0 Å². The second-order valence-electron chi connectivity index (χ2n) is 6.12. The second kappa shape index (κ2) is 8.16. The van der Waals surface area contributed by atoms with E-state index in [0.29, 0.717) is 12.2 Å². The van der Waals surface area contributed by atoms with Crippen molar-refractivity contribution >= 4 is 21.6 Å². The monoisotopic (exact) mass is 360 g/mol. The van der Waals surface area contributed by atoms with E-state index in [1.165, 1.54) is 4.31 Å². The molecule has 0 saturated carbocycles. The minimum Gasteiger partial charge on any atom is -0.352 e. The van der Waals surface area contributed by atoms with Gasteiger partial charge in [0.25, 0.3) is 0 Å². The van der Waals surface area contributed by atoms with Gasteiger partial charge in [0.05, 0.1) is 11.9 Å². The molecule has 0 aliphatic heterocycles. The van der Waals surface area contributed by atoms with Crippen LogP contribution in [0.4, 0.5) is 5.69 Å². The van der Waals surface area contributed by atoms with Crippen molar-refractivity contribution in [2.24, 2.45) is 0 Å². The van der Waals surface area contributed by atoms with Gasteiger partial charge >= 0.3 is 0 Å². The molecular weight excluding hydrogens is 336 g/mol. The predicted octanol–water partition coefficient (Wildman–Crippen LogP) is 2.78. The smallest absolute Gasteiger partial charge is 0.232 e. The molecule has 0 saturated heterocycles. The molecule has 2 rings (SSSR count). The number of rotatable bonds is 7. The summed E-state index contributed by atoms with van der Waals surface area (Å²) >= 11 is 0. The van der Waals surface area contributed by atoms with Crippen molar-refractivity contribution in [3.8, 4) is 0 Å². The zero-order valence-corrected chi connectivity index (χ0v) is 15.6. The van der Waals surface area contributed by atoms with Gasteiger partial charge in [0.15, 0.2) is 0 Å². The van der Waals surface area contributed by atoms with E-state index in [2.05, 4.69) is 5.32 Å². The number of anilines is 1. The van der Waals surface area contributed by atoms with Gasteiger partial charge in [-0.15, -0.1) is 0 Å². The summed E-state index contributed by atoms with van der Waals surface area (Å²) in [6.45, 7) is 4.48. The lowest BCUT2D eigenvalue weighted by atomic mass is 10.1. The zero-order chi connectivity index (χ0) is 18.4. The van der Waals surface area contributed by atoms with Gasteiger partial charge in [-0.25, -0.2) is 8.42 Å². The Bertz CT molecular complexity index is 830. The van der Waals surface area contributed by atoms with E-state index >= 15 is 0 Å². The fraction of sp³-hybridized carbons (Fsp3) is 0.316. The summed E-state index contributed by atoms with van der Waals surface area (Å²) in [5.41, 5.74) is 3.78. The van der Waals surface area contributed by atoms with E-state index < -0.39 is 10.0 Å². The minimum atomic E-state index is -3.45. The SMILES string of the molecule is Cc1ccc(N(CCC(=O)NCc2ccccc2C)S(C)(=O)=O)cc1. The number of sulfonamides is 1. The van der Waals surface area contributed by atoms with Gasteiger partial charge in [-0.05, 0) is 37.1 Å². The molecule has 6 heteroatoms. The molecule has 0 aromatic heterocycles. The molecule has 0 radical (unpaired) electrons. The molecule has 0 spiro atoms. The van der Waals surface area contributed by atoms with Gasteiger partial charge in [0.1, 0.15) is 0 Å². The fourth-order valence-corrected chi connectivity index (χ4v) is 3.42. The van der Waals surface area contributed by atoms with E-state index in [1.807, 2.05) is 50.2 Å². The molecule has 0 unspecified atom stereocenters. The summed E-state index contributed by atoms with van der Waals surface area (Å²) in [6, 6.07) is 15.0. The number of hydrogen-bond donors (Lipinski definition) is 1. The summed E-state index contributed by atoms with van der Waals surface area (Å²) < 4.78 is 25.4. The third kappa shape index (κ3) is 5.60. The maximum absolute atomic E-state index is 12.1. The Labute approximate surface area is 149 Å². The average Bonchev–Trinajstić information content (AvgIpc) is 2.55. The lowest BCUT2D eigenvalue weighted by molar-refractivity contribution is -0.121. The van der Waals surface area contributed by atoms with Gasteiger partial charge in [-0.3, -0.25) is 9.10 Å². The highest BCUT2D eigenvalue weighted by Crippen LogP contribution is 2.18. The number of amides is 1. The van der Waals surface area contributed by atoms with Crippen molar-refractivity contribution < 1.29 is 13.2 Å². The summed E-state index contributed by atoms with van der Waals surface area (Å²) in [5, 5.41) is 2.85. The number of aryl methyl sites for hydroxylation is 2. The molecule has 0 bridgehead atoms. The van der Waals surface area contributed by atoms with E-state index in [-0.39, 0.29) is 18.9 Å². The van der Waals surface area contributed by atoms with Crippen LogP contribution >= 0.6 is 0 Å². The number of carbonyl (C=O) groups is 1. The highest BCUT2D eigenvalue weighted by molar-refractivity contribution is 7.92. The van der Waals surface area contributed by atoms with Crippen molar-refractivity contribution in [3.63, 3.8) is 0 Å². The average molecular weight is 360 g/mol. The Morgan fingerprint density at radius 3 is 2.28 bits per heavy atom. The first-order valence-electron chi connectivity index (χ1n) is 8.13. The first-order chi connectivity index (χ1) is 11.8. The van der Waals surface area contributed by atoms with Crippen LogP contribution in [0.25, 0.3) is 0 Å². The van der Waals surface area contributed by atoms with E-state index in [9.17, 15) is 13.2 Å². The number of benzene rings is 2. The maximum Gasteiger partial charge on any atom is 0.232 e. The molecule has 1 N–H and O–H groups in total. The maximum atomic E-state index is 12.1. The van der Waals surface area contributed by atoms with Crippen LogP contribution in [-0.4, -0.2) is 27.1 Å². The quantitative estimate of drug-likeness (QED) is 0.826. The number of nitrogens with zero attached hydrogens (tertiary/aromatic N) is 1. The molecule has 25 heavy (non-hydrogen) atoms. The van der Waals surface area contributed by atoms with Gasteiger partial charge in [0, 0.05) is 19.5 Å². The number of hydrogen-bond acceptors (Lipinski definition) is 3. The summed E-state index contributed by atoms with van der Waals surface area (Å²) in [5.74, 6) is -0.177. The Morgan fingerprint density at radius 2 is 1.68 bits per heavy atom. The fourth-order valence-electron chi connectivity index (χ4n) is 2.49. The zero-order valence-electron chi connectivity index (χ0n) is 14.8. The van der Waals surface area contributed by atoms with Crippen LogP contribution in [0.15, 0.2) is 48.5 Å². The Kier molecular flexibility index (Phi) is 6.20. The van der Waals surface area contributed by atoms with Gasteiger partial charge in [0.2, 0.25) is 15.9 Å². The minimum absolute atomic E-state index is 0.104. The van der Waals surface area contributed by atoms with E-state index in [0.717, 1.165) is 22.9 Å². The number of carbonyl (C=O) groups excluding carboxylic acids is 1. The standard InChI is InChI=1S/C19H24N2O3S/c1-15-8-10-18(11-9-15)21(25(3,23)24)13-12-19(22)20-14-17-7-5-4-6-16(17)2/h4-11H,12-14H2,1-3H3,(H,20,22). The molecular formula is C19H24N2O3S. The molecule has 5 nitrogen and oxygen atoms in total. The largest absolute Gasteiger partial charge is 0.352 e. The molecule has 0 atom stereocenters. The topological polar surface area (TPSA) is 66.5 Å². The van der Waals surface area contributed by atoms with E-state index in [1.54, 1.807) is 12.1 Å². The van der Waals surface area contributed by atoms with Crippen LogP contribution in [0, 0.1) is 13.8 Å². The predicted molar refractivity (Wildman–Crippen MR) is 101 cm³/mol. The third-order valence-electron chi connectivity index (χ3n) is 4.00. The second-order valence-corrected chi connectivity index (χ2v) is 8.03. The first-order valence-corrected chi connectivity index (χ1v) is 9.98. The van der Waals surface area contributed by atoms with Crippen molar-refractivity contribution in [3.05, 3.63) is 65.2 Å². The van der Waals surface area contributed by atoms with Crippen molar-refractivity contribution in [1.29, 1.82) is 0 Å². The molecule has 134 valence electrons. The Morgan fingerprint density at radius 1 is 1.04 bits per heavy atom. The van der Waals surface area contributed by atoms with Crippen molar-refractivity contribution in [1.82, 2.24) is 5.32 Å². The van der Waals surface area contributed by atoms with E-state index in [4.69, 9.17) is 0 Å². The molecule has 2 aromatic carbocycles. The molecule has 2 aromatic rings. The summed E-state index contributed by atoms with van der Waals surface area (Å²) in [7, 11) is -3.45. The first kappa shape index (κ1) is 19.0. The van der Waals surface area contributed by atoms with Crippen molar-refractivity contribution in [2.75, 3.05) is 17.1 Å². The van der Waals surface area contributed by atoms with Crippen LogP contribution in [0.2, 0.25) is 0 Å². The number of nitrogens with one attached hydrogen (secondary N) is 1. The van der Waals surface area contributed by atoms with Crippen molar-refractivity contribution in [2.45, 2.75) is 26.8 Å². The van der Waals surface area contributed by atoms with Crippen LogP contribution in [-0.2, 0) is 21.4 Å².